The predicted molar refractivity (Wildman–Crippen MR) is 106 cm³/mol. The number of hydrogen-bond acceptors (Lipinski definition) is 5. The van der Waals surface area contributed by atoms with Crippen molar-refractivity contribution in [3.63, 3.8) is 0 Å². The van der Waals surface area contributed by atoms with Crippen LogP contribution >= 0.6 is 0 Å². The van der Waals surface area contributed by atoms with Gasteiger partial charge in [-0.1, -0.05) is 55.3 Å². The molecule has 138 valence electrons. The lowest BCUT2D eigenvalue weighted by Gasteiger charge is -2.23. The molecule has 4 rings (SSSR count). The summed E-state index contributed by atoms with van der Waals surface area (Å²) in [5.41, 5.74) is 4.55. The van der Waals surface area contributed by atoms with Gasteiger partial charge in [-0.05, 0) is 58.2 Å². The molecule has 0 bridgehead atoms. The molecule has 2 aromatic carbocycles. The molecule has 0 radical (unpaired) electrons. The summed E-state index contributed by atoms with van der Waals surface area (Å²) in [4.78, 5) is 0. The summed E-state index contributed by atoms with van der Waals surface area (Å²) in [6, 6.07) is 16.6. The third-order valence-electron chi connectivity index (χ3n) is 4.75. The first-order valence-corrected chi connectivity index (χ1v) is 9.25. The monoisotopic (exact) mass is 361 g/mol. The fourth-order valence-corrected chi connectivity index (χ4v) is 3.24. The number of fused-ring (bicyclic) bond motifs is 1. The summed E-state index contributed by atoms with van der Waals surface area (Å²) in [7, 11) is 0. The maximum Gasteiger partial charge on any atom is 0.248 e. The number of hydrogen-bond donors (Lipinski definition) is 1. The van der Waals surface area contributed by atoms with Crippen molar-refractivity contribution in [3.05, 3.63) is 71.3 Å². The van der Waals surface area contributed by atoms with Crippen molar-refractivity contribution < 1.29 is 4.74 Å². The van der Waals surface area contributed by atoms with Crippen LogP contribution < -0.4 is 10.1 Å². The summed E-state index contributed by atoms with van der Waals surface area (Å²) < 4.78 is 7.34. The summed E-state index contributed by atoms with van der Waals surface area (Å²) in [5.74, 6) is 2.01. The van der Waals surface area contributed by atoms with E-state index in [2.05, 4.69) is 77.2 Å². The zero-order valence-electron chi connectivity index (χ0n) is 15.8. The minimum Gasteiger partial charge on any atom is -0.494 e. The molecule has 6 heteroatoms. The molecule has 3 aromatic rings. The van der Waals surface area contributed by atoms with Crippen molar-refractivity contribution in [2.24, 2.45) is 0 Å². The van der Waals surface area contributed by atoms with Crippen LogP contribution in [0.5, 0.6) is 5.75 Å². The van der Waals surface area contributed by atoms with Crippen molar-refractivity contribution in [2.75, 3.05) is 11.9 Å². The number of ether oxygens (including phenoxy) is 1. The molecular weight excluding hydrogens is 338 g/mol. The van der Waals surface area contributed by atoms with E-state index in [9.17, 15) is 0 Å². The third kappa shape index (κ3) is 3.43. The predicted octanol–water partition coefficient (Wildman–Crippen LogP) is 4.25. The van der Waals surface area contributed by atoms with Crippen LogP contribution in [-0.2, 0) is 0 Å². The molecule has 1 aliphatic heterocycles. The van der Waals surface area contributed by atoms with Gasteiger partial charge in [0.15, 0.2) is 0 Å². The first kappa shape index (κ1) is 17.3. The highest BCUT2D eigenvalue weighted by molar-refractivity contribution is 5.77. The van der Waals surface area contributed by atoms with Gasteiger partial charge < -0.3 is 10.1 Å². The number of aromatic nitrogens is 4. The summed E-state index contributed by atoms with van der Waals surface area (Å²) >= 11 is 0. The Labute approximate surface area is 158 Å². The molecule has 0 fully saturated rings. The van der Waals surface area contributed by atoms with Crippen molar-refractivity contribution >= 4 is 11.6 Å². The normalized spacial score (nSPS) is 15.9. The molecule has 0 spiro atoms. The molecule has 1 unspecified atom stereocenters. The molecule has 0 saturated heterocycles. The second-order valence-electron chi connectivity index (χ2n) is 6.88. The van der Waals surface area contributed by atoms with E-state index in [4.69, 9.17) is 4.74 Å². The van der Waals surface area contributed by atoms with E-state index < -0.39 is 0 Å². The van der Waals surface area contributed by atoms with E-state index in [0.717, 1.165) is 22.6 Å². The van der Waals surface area contributed by atoms with E-state index in [1.807, 2.05) is 19.1 Å². The Morgan fingerprint density at radius 3 is 2.48 bits per heavy atom. The third-order valence-corrected chi connectivity index (χ3v) is 4.75. The Hall–Kier alpha value is -3.15. The van der Waals surface area contributed by atoms with E-state index >= 15 is 0 Å². The molecule has 27 heavy (non-hydrogen) atoms. The number of allylic oxidation sites excluding steroid dienone is 1. The molecule has 1 N–H and O–H groups in total. The highest BCUT2D eigenvalue weighted by Gasteiger charge is 2.24. The quantitative estimate of drug-likeness (QED) is 0.736. The second-order valence-corrected chi connectivity index (χ2v) is 6.88. The number of tetrazole rings is 1. The number of anilines is 1. The lowest BCUT2D eigenvalue weighted by molar-refractivity contribution is 0.340. The van der Waals surface area contributed by atoms with Crippen LogP contribution in [0.25, 0.3) is 5.70 Å². The Kier molecular flexibility index (Phi) is 4.62. The molecule has 0 amide bonds. The van der Waals surface area contributed by atoms with Crippen LogP contribution in [-0.4, -0.2) is 26.8 Å². The molecule has 1 aromatic heterocycles. The van der Waals surface area contributed by atoms with Crippen LogP contribution in [0, 0.1) is 0 Å². The van der Waals surface area contributed by atoms with Crippen LogP contribution in [0.2, 0.25) is 0 Å². The van der Waals surface area contributed by atoms with Crippen LogP contribution in [0.3, 0.4) is 0 Å². The van der Waals surface area contributed by atoms with Gasteiger partial charge in [-0.2, -0.15) is 4.68 Å². The lowest BCUT2D eigenvalue weighted by atomic mass is 9.98. The Bertz CT molecular complexity index is 941. The zero-order chi connectivity index (χ0) is 18.8. The number of nitrogens with one attached hydrogen (secondary N) is 1. The zero-order valence-corrected chi connectivity index (χ0v) is 15.8. The highest BCUT2D eigenvalue weighted by atomic mass is 16.5. The molecule has 0 saturated carbocycles. The molecule has 1 atom stereocenters. The van der Waals surface area contributed by atoms with Crippen molar-refractivity contribution in [2.45, 2.75) is 32.7 Å². The van der Waals surface area contributed by atoms with E-state index in [-0.39, 0.29) is 6.04 Å². The molecule has 6 nitrogen and oxygen atoms in total. The van der Waals surface area contributed by atoms with E-state index in [1.165, 1.54) is 5.56 Å². The number of rotatable bonds is 5. The van der Waals surface area contributed by atoms with E-state index in [1.54, 1.807) is 4.68 Å². The smallest absolute Gasteiger partial charge is 0.248 e. The van der Waals surface area contributed by atoms with Crippen LogP contribution in [0.4, 0.5) is 5.95 Å². The van der Waals surface area contributed by atoms with Gasteiger partial charge in [0.1, 0.15) is 11.8 Å². The van der Waals surface area contributed by atoms with Gasteiger partial charge in [-0.15, -0.1) is 0 Å². The SMILES string of the molecule is CCOc1ccc(C2C=C(c3ccc(C(C)C)cc3)Nc3nnnn32)cc1. The minimum absolute atomic E-state index is 0.0771. The van der Waals surface area contributed by atoms with Gasteiger partial charge >= 0.3 is 0 Å². The van der Waals surface area contributed by atoms with Gasteiger partial charge in [-0.3, -0.25) is 0 Å². The summed E-state index contributed by atoms with van der Waals surface area (Å²) in [6.45, 7) is 7.03. The van der Waals surface area contributed by atoms with Crippen molar-refractivity contribution in [1.29, 1.82) is 0 Å². The Morgan fingerprint density at radius 2 is 1.81 bits per heavy atom. The Balaban J connectivity index is 1.69. The van der Waals surface area contributed by atoms with Crippen LogP contribution in [0.1, 0.15) is 49.4 Å². The van der Waals surface area contributed by atoms with Gasteiger partial charge in [0.05, 0.1) is 6.61 Å². The van der Waals surface area contributed by atoms with Gasteiger partial charge in [0.2, 0.25) is 5.95 Å². The van der Waals surface area contributed by atoms with Gasteiger partial charge in [0.25, 0.3) is 0 Å². The van der Waals surface area contributed by atoms with E-state index in [0.29, 0.717) is 18.5 Å². The topological polar surface area (TPSA) is 64.9 Å². The maximum absolute atomic E-state index is 5.55. The molecular formula is C21H23N5O. The first-order chi connectivity index (χ1) is 13.2. The van der Waals surface area contributed by atoms with Gasteiger partial charge in [0, 0.05) is 5.70 Å². The fourth-order valence-electron chi connectivity index (χ4n) is 3.24. The largest absolute Gasteiger partial charge is 0.494 e. The summed E-state index contributed by atoms with van der Waals surface area (Å²) in [6.07, 6.45) is 2.16. The fraction of sp³-hybridized carbons (Fsp3) is 0.286. The number of nitrogens with zero attached hydrogens (tertiary/aromatic N) is 4. The van der Waals surface area contributed by atoms with Crippen LogP contribution in [0.15, 0.2) is 54.6 Å². The molecule has 2 heterocycles. The summed E-state index contributed by atoms with van der Waals surface area (Å²) in [5, 5.41) is 15.5. The first-order valence-electron chi connectivity index (χ1n) is 9.25. The second kappa shape index (κ2) is 7.23. The van der Waals surface area contributed by atoms with Crippen molar-refractivity contribution in [1.82, 2.24) is 20.2 Å². The van der Waals surface area contributed by atoms with Crippen molar-refractivity contribution in [3.8, 4) is 5.75 Å². The highest BCUT2D eigenvalue weighted by Crippen LogP contribution is 2.32. The molecule has 1 aliphatic rings. The minimum atomic E-state index is -0.0771. The number of benzene rings is 2. The Morgan fingerprint density at radius 1 is 1.07 bits per heavy atom. The molecule has 0 aliphatic carbocycles. The lowest BCUT2D eigenvalue weighted by Crippen LogP contribution is -2.20. The maximum atomic E-state index is 5.55. The van der Waals surface area contributed by atoms with Gasteiger partial charge in [-0.25, -0.2) is 0 Å². The standard InChI is InChI=1S/C21H23N5O/c1-4-27-18-11-9-17(10-12-18)20-13-19(22-21-23-24-25-26(20)21)16-7-5-15(6-8-16)14(2)3/h5-14,20H,4H2,1-3H3,(H,22,23,25). The average molecular weight is 361 g/mol. The average Bonchev–Trinajstić information content (AvgIpc) is 3.17.